The summed E-state index contributed by atoms with van der Waals surface area (Å²) < 4.78 is 7.80. The first-order valence-electron chi connectivity index (χ1n) is 10.0. The summed E-state index contributed by atoms with van der Waals surface area (Å²) in [4.78, 5) is 23.8. The molecule has 3 aromatic rings. The molecule has 0 aliphatic carbocycles. The van der Waals surface area contributed by atoms with Crippen molar-refractivity contribution in [3.63, 3.8) is 0 Å². The van der Waals surface area contributed by atoms with Gasteiger partial charge in [-0.2, -0.15) is 0 Å². The summed E-state index contributed by atoms with van der Waals surface area (Å²) >= 11 is 0. The Hall–Kier alpha value is -2.73. The standard InChI is InChI=1S/C22H24N4O2/c27-21(25-11-7-22(8-12-25)9-13-28-22)18-14-19-20(23-15-18)26(16-24-19)10-6-17-4-2-1-3-5-17/h1-5,14-16H,6-13H2. The summed E-state index contributed by atoms with van der Waals surface area (Å²) in [7, 11) is 0. The highest BCUT2D eigenvalue weighted by atomic mass is 16.5. The Labute approximate surface area is 164 Å². The van der Waals surface area contributed by atoms with Crippen LogP contribution in [0, 0.1) is 0 Å². The van der Waals surface area contributed by atoms with E-state index in [2.05, 4.69) is 38.8 Å². The zero-order valence-electron chi connectivity index (χ0n) is 15.9. The van der Waals surface area contributed by atoms with E-state index in [1.807, 2.05) is 23.4 Å². The van der Waals surface area contributed by atoms with Crippen molar-refractivity contribution in [2.24, 2.45) is 0 Å². The number of piperidine rings is 1. The third-order valence-electron chi connectivity index (χ3n) is 6.11. The van der Waals surface area contributed by atoms with Gasteiger partial charge in [0.25, 0.3) is 5.91 Å². The van der Waals surface area contributed by atoms with Crippen LogP contribution >= 0.6 is 0 Å². The predicted octanol–water partition coefficient (Wildman–Crippen LogP) is 3.07. The smallest absolute Gasteiger partial charge is 0.255 e. The van der Waals surface area contributed by atoms with Gasteiger partial charge in [0.05, 0.1) is 24.1 Å². The van der Waals surface area contributed by atoms with Crippen LogP contribution < -0.4 is 0 Å². The number of rotatable bonds is 4. The van der Waals surface area contributed by atoms with E-state index < -0.39 is 0 Å². The maximum absolute atomic E-state index is 12.9. The topological polar surface area (TPSA) is 60.2 Å². The maximum atomic E-state index is 12.9. The number of hydrogen-bond donors (Lipinski definition) is 0. The Kier molecular flexibility index (Phi) is 4.36. The van der Waals surface area contributed by atoms with E-state index >= 15 is 0 Å². The second-order valence-electron chi connectivity index (χ2n) is 7.81. The Bertz CT molecular complexity index is 984. The lowest BCUT2D eigenvalue weighted by atomic mass is 9.84. The molecule has 0 radical (unpaired) electrons. The zero-order chi connectivity index (χ0) is 19.0. The van der Waals surface area contributed by atoms with Crippen LogP contribution in [0.2, 0.25) is 0 Å². The molecule has 4 heterocycles. The van der Waals surface area contributed by atoms with Gasteiger partial charge in [-0.15, -0.1) is 0 Å². The van der Waals surface area contributed by atoms with Crippen LogP contribution in [-0.2, 0) is 17.7 Å². The second kappa shape index (κ2) is 7.02. The van der Waals surface area contributed by atoms with Crippen LogP contribution in [-0.4, -0.2) is 50.6 Å². The summed E-state index contributed by atoms with van der Waals surface area (Å²) in [6.07, 6.45) is 7.42. The third kappa shape index (κ3) is 3.18. The third-order valence-corrected chi connectivity index (χ3v) is 6.11. The number of nitrogens with zero attached hydrogens (tertiary/aromatic N) is 4. The molecule has 2 aromatic heterocycles. The highest BCUT2D eigenvalue weighted by Gasteiger charge is 2.42. The Morgan fingerprint density at radius 2 is 1.89 bits per heavy atom. The normalized spacial score (nSPS) is 18.4. The van der Waals surface area contributed by atoms with Gasteiger partial charge in [-0.05, 0) is 37.3 Å². The number of aryl methyl sites for hydroxylation is 2. The van der Waals surface area contributed by atoms with Crippen LogP contribution in [0.3, 0.4) is 0 Å². The van der Waals surface area contributed by atoms with E-state index in [4.69, 9.17) is 4.74 Å². The molecule has 144 valence electrons. The van der Waals surface area contributed by atoms with Crippen LogP contribution in [0.15, 0.2) is 48.9 Å². The number of carbonyl (C=O) groups is 1. The molecule has 0 atom stereocenters. The minimum absolute atomic E-state index is 0.0439. The van der Waals surface area contributed by atoms with Crippen molar-refractivity contribution in [2.45, 2.75) is 37.8 Å². The quantitative estimate of drug-likeness (QED) is 0.702. The number of imidazole rings is 1. The highest BCUT2D eigenvalue weighted by molar-refractivity contribution is 5.96. The van der Waals surface area contributed by atoms with Gasteiger partial charge >= 0.3 is 0 Å². The lowest BCUT2D eigenvalue weighted by Gasteiger charge is -2.47. The van der Waals surface area contributed by atoms with E-state index in [-0.39, 0.29) is 11.5 Å². The number of fused-ring (bicyclic) bond motifs is 1. The molecule has 0 bridgehead atoms. The van der Waals surface area contributed by atoms with E-state index in [9.17, 15) is 4.79 Å². The van der Waals surface area contributed by atoms with Gasteiger partial charge in [0, 0.05) is 25.8 Å². The number of likely N-dealkylation sites (tertiary alicyclic amines) is 1. The van der Waals surface area contributed by atoms with Gasteiger partial charge in [-0.3, -0.25) is 4.79 Å². The lowest BCUT2D eigenvalue weighted by Crippen LogP contribution is -2.53. The summed E-state index contributed by atoms with van der Waals surface area (Å²) in [5.74, 6) is 0.0439. The first kappa shape index (κ1) is 17.4. The van der Waals surface area contributed by atoms with Crippen molar-refractivity contribution < 1.29 is 9.53 Å². The minimum Gasteiger partial charge on any atom is -0.375 e. The lowest BCUT2D eigenvalue weighted by molar-refractivity contribution is -0.169. The molecule has 5 rings (SSSR count). The number of carbonyl (C=O) groups excluding carboxylic acids is 1. The molecular formula is C22H24N4O2. The molecule has 1 spiro atoms. The Morgan fingerprint density at radius 1 is 1.11 bits per heavy atom. The molecule has 2 saturated heterocycles. The Morgan fingerprint density at radius 3 is 2.61 bits per heavy atom. The van der Waals surface area contributed by atoms with Crippen LogP contribution in [0.1, 0.15) is 35.2 Å². The zero-order valence-corrected chi connectivity index (χ0v) is 15.9. The van der Waals surface area contributed by atoms with Crippen molar-refractivity contribution in [3.05, 3.63) is 60.0 Å². The van der Waals surface area contributed by atoms with Crippen molar-refractivity contribution >= 4 is 17.1 Å². The molecule has 2 aliphatic rings. The SMILES string of the molecule is O=C(c1cnc2c(c1)ncn2CCc1ccccc1)N1CCC2(CCO2)CC1. The number of hydrogen-bond acceptors (Lipinski definition) is 4. The van der Waals surface area contributed by atoms with Crippen molar-refractivity contribution in [1.29, 1.82) is 0 Å². The summed E-state index contributed by atoms with van der Waals surface area (Å²) in [6, 6.07) is 12.3. The van der Waals surface area contributed by atoms with Gasteiger partial charge < -0.3 is 14.2 Å². The summed E-state index contributed by atoms with van der Waals surface area (Å²) in [6.45, 7) is 3.18. The summed E-state index contributed by atoms with van der Waals surface area (Å²) in [5.41, 5.74) is 3.56. The van der Waals surface area contributed by atoms with Gasteiger partial charge in [-0.25, -0.2) is 9.97 Å². The van der Waals surface area contributed by atoms with Crippen molar-refractivity contribution in [2.75, 3.05) is 19.7 Å². The maximum Gasteiger partial charge on any atom is 0.255 e. The molecule has 2 aliphatic heterocycles. The summed E-state index contributed by atoms with van der Waals surface area (Å²) in [5, 5.41) is 0. The van der Waals surface area contributed by atoms with Crippen LogP contribution in [0.4, 0.5) is 0 Å². The largest absolute Gasteiger partial charge is 0.375 e. The molecule has 6 heteroatoms. The van der Waals surface area contributed by atoms with E-state index in [0.29, 0.717) is 5.56 Å². The molecular weight excluding hydrogens is 352 g/mol. The second-order valence-corrected chi connectivity index (χ2v) is 7.81. The van der Waals surface area contributed by atoms with Gasteiger partial charge in [0.2, 0.25) is 0 Å². The highest BCUT2D eigenvalue weighted by Crippen LogP contribution is 2.37. The van der Waals surface area contributed by atoms with E-state index in [1.165, 1.54) is 5.56 Å². The minimum atomic E-state index is 0.0439. The fraction of sp³-hybridized carbons (Fsp3) is 0.409. The van der Waals surface area contributed by atoms with E-state index in [0.717, 1.165) is 63.1 Å². The van der Waals surface area contributed by atoms with Crippen molar-refractivity contribution in [3.8, 4) is 0 Å². The molecule has 28 heavy (non-hydrogen) atoms. The van der Waals surface area contributed by atoms with Gasteiger partial charge in [0.1, 0.15) is 5.52 Å². The van der Waals surface area contributed by atoms with E-state index in [1.54, 1.807) is 6.20 Å². The van der Waals surface area contributed by atoms with Crippen molar-refractivity contribution in [1.82, 2.24) is 19.4 Å². The van der Waals surface area contributed by atoms with Crippen LogP contribution in [0.5, 0.6) is 0 Å². The molecule has 1 aromatic carbocycles. The van der Waals surface area contributed by atoms with Gasteiger partial charge in [-0.1, -0.05) is 30.3 Å². The fourth-order valence-electron chi connectivity index (χ4n) is 4.21. The number of amides is 1. The molecule has 1 amide bonds. The molecule has 6 nitrogen and oxygen atoms in total. The van der Waals surface area contributed by atoms with Crippen LogP contribution in [0.25, 0.3) is 11.2 Å². The molecule has 0 N–H and O–H groups in total. The first-order valence-corrected chi connectivity index (χ1v) is 10.0. The monoisotopic (exact) mass is 376 g/mol. The predicted molar refractivity (Wildman–Crippen MR) is 106 cm³/mol. The number of pyridine rings is 1. The Balaban J connectivity index is 1.28. The number of aromatic nitrogens is 3. The molecule has 0 saturated carbocycles. The molecule has 0 unspecified atom stereocenters. The van der Waals surface area contributed by atoms with Gasteiger partial charge in [0.15, 0.2) is 5.65 Å². The molecule has 2 fully saturated rings. The average molecular weight is 376 g/mol. The fourth-order valence-corrected chi connectivity index (χ4v) is 4.21. The average Bonchev–Trinajstić information content (AvgIpc) is 3.13. The number of ether oxygens (including phenoxy) is 1. The number of benzene rings is 1. The first-order chi connectivity index (χ1) is 13.7.